The summed E-state index contributed by atoms with van der Waals surface area (Å²) >= 11 is 0. The molecule has 0 aliphatic rings. The van der Waals surface area contributed by atoms with Crippen molar-refractivity contribution in [3.63, 3.8) is 0 Å². The Bertz CT molecular complexity index is 381. The summed E-state index contributed by atoms with van der Waals surface area (Å²) in [5.74, 6) is 1.16. The maximum absolute atomic E-state index is 6.03. The van der Waals surface area contributed by atoms with E-state index in [1.54, 1.807) is 0 Å². The third-order valence-corrected chi connectivity index (χ3v) is 2.42. The molecule has 6 nitrogen and oxygen atoms in total. The Kier molecular flexibility index (Phi) is 5.15. The molecule has 2 N–H and O–H groups in total. The molecule has 0 saturated carbocycles. The molecule has 1 aromatic heterocycles. The summed E-state index contributed by atoms with van der Waals surface area (Å²) in [6, 6.07) is 0. The zero-order valence-corrected chi connectivity index (χ0v) is 11.8. The van der Waals surface area contributed by atoms with E-state index in [2.05, 4.69) is 14.9 Å². The Morgan fingerprint density at radius 3 is 2.44 bits per heavy atom. The second-order valence-electron chi connectivity index (χ2n) is 4.81. The number of anilines is 2. The minimum absolute atomic E-state index is 0.0436. The van der Waals surface area contributed by atoms with Gasteiger partial charge < -0.3 is 20.3 Å². The average molecular weight is 253 g/mol. The first-order chi connectivity index (χ1) is 8.41. The smallest absolute Gasteiger partial charge is 0.242 e. The molecule has 0 atom stereocenters. The molecule has 0 aliphatic heterocycles. The monoisotopic (exact) mass is 253 g/mol. The number of nitrogens with two attached hydrogens (primary N) is 1. The molecule has 0 amide bonds. The highest BCUT2D eigenvalue weighted by molar-refractivity contribution is 5.67. The maximum atomic E-state index is 6.03. The second kappa shape index (κ2) is 6.39. The number of ether oxygens (including phenoxy) is 1. The first-order valence-corrected chi connectivity index (χ1v) is 6.04. The van der Waals surface area contributed by atoms with Gasteiger partial charge in [-0.2, -0.15) is 4.98 Å². The van der Waals surface area contributed by atoms with Crippen molar-refractivity contribution in [2.75, 3.05) is 44.9 Å². The van der Waals surface area contributed by atoms with Gasteiger partial charge in [0, 0.05) is 20.1 Å². The third-order valence-electron chi connectivity index (χ3n) is 2.42. The van der Waals surface area contributed by atoms with Crippen LogP contribution in [0.25, 0.3) is 0 Å². The van der Waals surface area contributed by atoms with Crippen molar-refractivity contribution >= 4 is 11.5 Å². The van der Waals surface area contributed by atoms with Crippen LogP contribution in [0, 0.1) is 0 Å². The quantitative estimate of drug-likeness (QED) is 0.810. The first kappa shape index (κ1) is 14.5. The summed E-state index contributed by atoms with van der Waals surface area (Å²) in [5.41, 5.74) is 6.53. The van der Waals surface area contributed by atoms with E-state index in [9.17, 15) is 0 Å². The molecule has 6 heteroatoms. The number of rotatable bonds is 6. The first-order valence-electron chi connectivity index (χ1n) is 6.04. The van der Waals surface area contributed by atoms with Crippen molar-refractivity contribution in [3.05, 3.63) is 6.33 Å². The van der Waals surface area contributed by atoms with Crippen LogP contribution in [0.5, 0.6) is 5.88 Å². The molecule has 1 heterocycles. The molecule has 0 spiro atoms. The fourth-order valence-electron chi connectivity index (χ4n) is 1.45. The zero-order chi connectivity index (χ0) is 13.7. The van der Waals surface area contributed by atoms with Gasteiger partial charge in [-0.05, 0) is 27.9 Å². The Morgan fingerprint density at radius 1 is 1.22 bits per heavy atom. The number of aromatic nitrogens is 2. The highest BCUT2D eigenvalue weighted by Crippen LogP contribution is 2.27. The van der Waals surface area contributed by atoms with Gasteiger partial charge in [0.2, 0.25) is 5.88 Å². The molecule has 0 fully saturated rings. The largest absolute Gasteiger partial charge is 0.473 e. The molecule has 1 aromatic rings. The summed E-state index contributed by atoms with van der Waals surface area (Å²) in [4.78, 5) is 12.4. The normalized spacial score (nSPS) is 11.1. The van der Waals surface area contributed by atoms with Crippen molar-refractivity contribution in [2.45, 2.75) is 20.0 Å². The van der Waals surface area contributed by atoms with Gasteiger partial charge in [-0.25, -0.2) is 4.98 Å². The van der Waals surface area contributed by atoms with Gasteiger partial charge in [-0.3, -0.25) is 0 Å². The van der Waals surface area contributed by atoms with Crippen LogP contribution in [-0.4, -0.2) is 55.2 Å². The highest BCUT2D eigenvalue weighted by Gasteiger charge is 2.13. The minimum Gasteiger partial charge on any atom is -0.473 e. The van der Waals surface area contributed by atoms with E-state index in [4.69, 9.17) is 10.5 Å². The molecule has 0 radical (unpaired) electrons. The number of nitrogens with zero attached hydrogens (tertiary/aromatic N) is 4. The maximum Gasteiger partial charge on any atom is 0.242 e. The van der Waals surface area contributed by atoms with Crippen molar-refractivity contribution < 1.29 is 4.74 Å². The van der Waals surface area contributed by atoms with Crippen LogP contribution in [0.2, 0.25) is 0 Å². The summed E-state index contributed by atoms with van der Waals surface area (Å²) in [7, 11) is 6.02. The molecule has 1 rings (SSSR count). The van der Waals surface area contributed by atoms with Gasteiger partial charge in [-0.1, -0.05) is 0 Å². The van der Waals surface area contributed by atoms with Gasteiger partial charge in [0.1, 0.15) is 12.0 Å². The van der Waals surface area contributed by atoms with E-state index in [0.29, 0.717) is 17.4 Å². The molecular weight excluding hydrogens is 230 g/mol. The number of hydrogen-bond donors (Lipinski definition) is 1. The average Bonchev–Trinajstić information content (AvgIpc) is 2.28. The Labute approximate surface area is 109 Å². The van der Waals surface area contributed by atoms with E-state index in [1.165, 1.54) is 6.33 Å². The fourth-order valence-corrected chi connectivity index (χ4v) is 1.45. The second-order valence-corrected chi connectivity index (χ2v) is 4.81. The predicted molar refractivity (Wildman–Crippen MR) is 74.0 cm³/mol. The van der Waals surface area contributed by atoms with Gasteiger partial charge in [0.25, 0.3) is 0 Å². The molecule has 102 valence electrons. The summed E-state index contributed by atoms with van der Waals surface area (Å²) in [5, 5.41) is 0. The lowest BCUT2D eigenvalue weighted by Crippen LogP contribution is -2.29. The molecule has 0 saturated heterocycles. The van der Waals surface area contributed by atoms with Crippen LogP contribution in [-0.2, 0) is 0 Å². The SMILES string of the molecule is CC(C)Oc1ncnc(N(C)CCN(C)C)c1N. The van der Waals surface area contributed by atoms with E-state index in [0.717, 1.165) is 13.1 Å². The van der Waals surface area contributed by atoms with Crippen LogP contribution in [0.15, 0.2) is 6.33 Å². The van der Waals surface area contributed by atoms with Crippen molar-refractivity contribution in [2.24, 2.45) is 0 Å². The lowest BCUT2D eigenvalue weighted by Gasteiger charge is -2.22. The van der Waals surface area contributed by atoms with Crippen molar-refractivity contribution in [1.82, 2.24) is 14.9 Å². The Morgan fingerprint density at radius 2 is 1.89 bits per heavy atom. The van der Waals surface area contributed by atoms with Crippen LogP contribution < -0.4 is 15.4 Å². The lowest BCUT2D eigenvalue weighted by molar-refractivity contribution is 0.234. The number of hydrogen-bond acceptors (Lipinski definition) is 6. The van der Waals surface area contributed by atoms with Gasteiger partial charge in [0.05, 0.1) is 6.10 Å². The minimum atomic E-state index is 0.0436. The van der Waals surface area contributed by atoms with Crippen LogP contribution in [0.4, 0.5) is 11.5 Å². The molecule has 18 heavy (non-hydrogen) atoms. The van der Waals surface area contributed by atoms with E-state index in [-0.39, 0.29) is 6.10 Å². The summed E-state index contributed by atoms with van der Waals surface area (Å²) in [6.07, 6.45) is 1.53. The van der Waals surface area contributed by atoms with Gasteiger partial charge >= 0.3 is 0 Å². The molecular formula is C12H23N5O. The Hall–Kier alpha value is -1.56. The van der Waals surface area contributed by atoms with Crippen LogP contribution >= 0.6 is 0 Å². The third kappa shape index (κ3) is 4.03. The molecule has 0 aromatic carbocycles. The molecule has 0 bridgehead atoms. The topological polar surface area (TPSA) is 67.5 Å². The van der Waals surface area contributed by atoms with E-state index >= 15 is 0 Å². The lowest BCUT2D eigenvalue weighted by atomic mass is 10.4. The fraction of sp³-hybridized carbons (Fsp3) is 0.667. The molecule has 0 unspecified atom stereocenters. The van der Waals surface area contributed by atoms with Crippen molar-refractivity contribution in [3.8, 4) is 5.88 Å². The predicted octanol–water partition coefficient (Wildman–Crippen LogP) is 0.844. The Balaban J connectivity index is 2.82. The van der Waals surface area contributed by atoms with Crippen LogP contribution in [0.1, 0.15) is 13.8 Å². The number of likely N-dealkylation sites (N-methyl/N-ethyl adjacent to an activating group) is 2. The van der Waals surface area contributed by atoms with Crippen LogP contribution in [0.3, 0.4) is 0 Å². The van der Waals surface area contributed by atoms with Crippen molar-refractivity contribution in [1.29, 1.82) is 0 Å². The van der Waals surface area contributed by atoms with E-state index < -0.39 is 0 Å². The van der Waals surface area contributed by atoms with Gasteiger partial charge in [-0.15, -0.1) is 0 Å². The standard InChI is InChI=1S/C12H23N5O/c1-9(2)18-12-10(13)11(14-8-15-12)17(5)7-6-16(3)4/h8-9H,6-7,13H2,1-5H3. The zero-order valence-electron chi connectivity index (χ0n) is 11.8. The number of nitrogen functional groups attached to an aromatic ring is 1. The molecule has 0 aliphatic carbocycles. The summed E-state index contributed by atoms with van der Waals surface area (Å²) < 4.78 is 5.55. The highest BCUT2D eigenvalue weighted by atomic mass is 16.5. The van der Waals surface area contributed by atoms with Gasteiger partial charge in [0.15, 0.2) is 5.82 Å². The van der Waals surface area contributed by atoms with E-state index in [1.807, 2.05) is 39.9 Å². The summed E-state index contributed by atoms with van der Waals surface area (Å²) in [6.45, 7) is 5.66.